The van der Waals surface area contributed by atoms with Gasteiger partial charge >= 0.3 is 5.69 Å². The van der Waals surface area contributed by atoms with Crippen molar-refractivity contribution in [1.29, 1.82) is 0 Å². The highest BCUT2D eigenvalue weighted by molar-refractivity contribution is 5.81. The summed E-state index contributed by atoms with van der Waals surface area (Å²) in [6.07, 6.45) is 3.59. The Morgan fingerprint density at radius 3 is 2.87 bits per heavy atom. The number of furan rings is 1. The number of hydrogen-bond donors (Lipinski definition) is 2. The number of hydrogen-bond acceptors (Lipinski definition) is 6. The molecule has 0 aromatic carbocycles. The van der Waals surface area contributed by atoms with Crippen LogP contribution in [0.3, 0.4) is 0 Å². The van der Waals surface area contributed by atoms with E-state index >= 15 is 0 Å². The number of aliphatic imine (C=N–C) groups is 1. The van der Waals surface area contributed by atoms with Gasteiger partial charge in [0, 0.05) is 12.8 Å². The van der Waals surface area contributed by atoms with Crippen LogP contribution in [0.1, 0.15) is 17.7 Å². The average molecular weight is 320 g/mol. The largest absolute Gasteiger partial charge is 0.494 e. The summed E-state index contributed by atoms with van der Waals surface area (Å²) >= 11 is 0. The van der Waals surface area contributed by atoms with E-state index in [0.717, 1.165) is 17.5 Å². The third-order valence-corrected chi connectivity index (χ3v) is 3.21. The zero-order chi connectivity index (χ0) is 16.8. The first-order valence-electron chi connectivity index (χ1n) is 7.22. The number of aromatic amines is 1. The van der Waals surface area contributed by atoms with E-state index in [0.29, 0.717) is 12.3 Å². The number of aromatic nitrogens is 2. The van der Waals surface area contributed by atoms with Crippen LogP contribution >= 0.6 is 0 Å². The lowest BCUT2D eigenvalue weighted by atomic mass is 10.3. The molecule has 0 aliphatic rings. The van der Waals surface area contributed by atoms with E-state index in [1.165, 1.54) is 12.5 Å². The summed E-state index contributed by atoms with van der Waals surface area (Å²) in [5, 5.41) is 10.2. The minimum atomic E-state index is -0.700. The first-order valence-corrected chi connectivity index (χ1v) is 7.22. The van der Waals surface area contributed by atoms with Crippen molar-refractivity contribution in [3.8, 4) is 5.88 Å². The molecule has 0 atom stereocenters. The second kappa shape index (κ2) is 7.59. The lowest BCUT2D eigenvalue weighted by Gasteiger charge is -2.08. The molecule has 0 amide bonds. The fourth-order valence-corrected chi connectivity index (χ4v) is 2.03. The third kappa shape index (κ3) is 4.43. The zero-order valence-electron chi connectivity index (χ0n) is 13.2. The van der Waals surface area contributed by atoms with Gasteiger partial charge in [-0.25, -0.2) is 4.79 Å². The SMILES string of the molecule is CN(C)CCCN=Cc1c(O)n(Cc2ccco2)c(=O)[nH]c1=O. The minimum absolute atomic E-state index is 0.0237. The highest BCUT2D eigenvalue weighted by atomic mass is 16.3. The molecule has 0 fully saturated rings. The maximum atomic E-state index is 11.8. The first kappa shape index (κ1) is 16.8. The lowest BCUT2D eigenvalue weighted by Crippen LogP contribution is -2.32. The molecule has 2 aromatic rings. The molecule has 0 aliphatic heterocycles. The third-order valence-electron chi connectivity index (χ3n) is 3.21. The van der Waals surface area contributed by atoms with Gasteiger partial charge in [0.15, 0.2) is 0 Å². The number of nitrogens with one attached hydrogen (secondary N) is 1. The van der Waals surface area contributed by atoms with Gasteiger partial charge < -0.3 is 14.4 Å². The van der Waals surface area contributed by atoms with Crippen LogP contribution in [0.2, 0.25) is 0 Å². The van der Waals surface area contributed by atoms with Crippen molar-refractivity contribution in [3.63, 3.8) is 0 Å². The summed E-state index contributed by atoms with van der Waals surface area (Å²) in [5.41, 5.74) is -1.41. The monoisotopic (exact) mass is 320 g/mol. The molecule has 0 unspecified atom stereocenters. The topological polar surface area (TPSA) is 104 Å². The summed E-state index contributed by atoms with van der Waals surface area (Å²) in [6.45, 7) is 1.42. The Labute approximate surface area is 132 Å². The van der Waals surface area contributed by atoms with Gasteiger partial charge in [0.05, 0.1) is 12.8 Å². The van der Waals surface area contributed by atoms with Crippen molar-refractivity contribution in [2.24, 2.45) is 4.99 Å². The maximum absolute atomic E-state index is 11.8. The van der Waals surface area contributed by atoms with Crippen molar-refractivity contribution >= 4 is 6.21 Å². The Kier molecular flexibility index (Phi) is 5.53. The number of rotatable bonds is 7. The van der Waals surface area contributed by atoms with Crippen LogP contribution in [0.4, 0.5) is 0 Å². The van der Waals surface area contributed by atoms with Crippen molar-refractivity contribution in [2.45, 2.75) is 13.0 Å². The maximum Gasteiger partial charge on any atom is 0.331 e. The van der Waals surface area contributed by atoms with Crippen molar-refractivity contribution in [2.75, 3.05) is 27.2 Å². The molecule has 0 saturated carbocycles. The van der Waals surface area contributed by atoms with Gasteiger partial charge in [0.2, 0.25) is 5.88 Å². The Morgan fingerprint density at radius 1 is 1.43 bits per heavy atom. The Morgan fingerprint density at radius 2 is 2.22 bits per heavy atom. The molecule has 23 heavy (non-hydrogen) atoms. The normalized spacial score (nSPS) is 11.6. The van der Waals surface area contributed by atoms with E-state index in [9.17, 15) is 14.7 Å². The van der Waals surface area contributed by atoms with E-state index in [1.807, 2.05) is 19.0 Å². The predicted molar refractivity (Wildman–Crippen MR) is 86.4 cm³/mol. The van der Waals surface area contributed by atoms with Crippen LogP contribution in [0.15, 0.2) is 37.4 Å². The van der Waals surface area contributed by atoms with Gasteiger partial charge in [0.1, 0.15) is 11.3 Å². The van der Waals surface area contributed by atoms with Crippen LogP contribution in [-0.2, 0) is 6.54 Å². The second-order valence-corrected chi connectivity index (χ2v) is 5.35. The molecule has 0 radical (unpaired) electrons. The Hall–Kier alpha value is -2.61. The molecular formula is C15H20N4O4. The molecule has 2 heterocycles. The second-order valence-electron chi connectivity index (χ2n) is 5.35. The Bertz CT molecular complexity index is 772. The quantitative estimate of drug-likeness (QED) is 0.562. The molecular weight excluding hydrogens is 300 g/mol. The summed E-state index contributed by atoms with van der Waals surface area (Å²) in [6, 6.07) is 3.35. The molecule has 2 aromatic heterocycles. The molecule has 124 valence electrons. The predicted octanol–water partition coefficient (Wildman–Crippen LogP) is 0.254. The van der Waals surface area contributed by atoms with E-state index in [-0.39, 0.29) is 12.1 Å². The zero-order valence-corrected chi connectivity index (χ0v) is 13.2. The van der Waals surface area contributed by atoms with Crippen LogP contribution in [0.5, 0.6) is 5.88 Å². The first-order chi connectivity index (χ1) is 11.0. The van der Waals surface area contributed by atoms with Crippen molar-refractivity contribution < 1.29 is 9.52 Å². The molecule has 0 spiro atoms. The van der Waals surface area contributed by atoms with E-state index in [2.05, 4.69) is 9.98 Å². The highest BCUT2D eigenvalue weighted by Crippen LogP contribution is 2.11. The molecule has 0 aliphatic carbocycles. The minimum Gasteiger partial charge on any atom is -0.494 e. The lowest BCUT2D eigenvalue weighted by molar-refractivity contribution is 0.392. The van der Waals surface area contributed by atoms with Gasteiger partial charge in [-0.05, 0) is 39.2 Å². The van der Waals surface area contributed by atoms with Crippen molar-refractivity contribution in [1.82, 2.24) is 14.5 Å². The van der Waals surface area contributed by atoms with Gasteiger partial charge in [-0.15, -0.1) is 0 Å². The fraction of sp³-hybridized carbons (Fsp3) is 0.400. The van der Waals surface area contributed by atoms with E-state index < -0.39 is 17.1 Å². The smallest absolute Gasteiger partial charge is 0.331 e. The summed E-state index contributed by atoms with van der Waals surface area (Å²) in [5.74, 6) is 0.0647. The van der Waals surface area contributed by atoms with Gasteiger partial charge in [-0.1, -0.05) is 0 Å². The molecule has 2 rings (SSSR count). The van der Waals surface area contributed by atoms with Crippen LogP contribution in [-0.4, -0.2) is 53.0 Å². The van der Waals surface area contributed by atoms with Crippen LogP contribution in [0, 0.1) is 0 Å². The number of aromatic hydroxyl groups is 1. The van der Waals surface area contributed by atoms with Gasteiger partial charge in [0.25, 0.3) is 5.56 Å². The van der Waals surface area contributed by atoms with E-state index in [1.54, 1.807) is 12.1 Å². The standard InChI is InChI=1S/C15H20N4O4/c1-18(2)7-4-6-16-9-12-13(20)17-15(22)19(14(12)21)10-11-5-3-8-23-11/h3,5,8-9,21H,4,6-7,10H2,1-2H3,(H,17,20,22). The summed E-state index contributed by atoms with van der Waals surface area (Å²) in [4.78, 5) is 32.0. The van der Waals surface area contributed by atoms with E-state index in [4.69, 9.17) is 4.42 Å². The summed E-state index contributed by atoms with van der Waals surface area (Å²) < 4.78 is 6.18. The molecule has 0 saturated heterocycles. The average Bonchev–Trinajstić information content (AvgIpc) is 2.99. The van der Waals surface area contributed by atoms with Crippen LogP contribution < -0.4 is 11.2 Å². The fourth-order valence-electron chi connectivity index (χ4n) is 2.03. The van der Waals surface area contributed by atoms with Crippen molar-refractivity contribution in [3.05, 3.63) is 50.6 Å². The van der Waals surface area contributed by atoms with Gasteiger partial charge in [-0.2, -0.15) is 0 Å². The highest BCUT2D eigenvalue weighted by Gasteiger charge is 2.13. The molecule has 0 bridgehead atoms. The number of H-pyrrole nitrogens is 1. The molecule has 8 nitrogen and oxygen atoms in total. The number of nitrogens with zero attached hydrogens (tertiary/aromatic N) is 3. The van der Waals surface area contributed by atoms with Crippen LogP contribution in [0.25, 0.3) is 0 Å². The molecule has 8 heteroatoms. The van der Waals surface area contributed by atoms with Gasteiger partial charge in [-0.3, -0.25) is 19.3 Å². The Balaban J connectivity index is 2.21. The molecule has 2 N–H and O–H groups in total. The summed E-state index contributed by atoms with van der Waals surface area (Å²) in [7, 11) is 3.93.